The van der Waals surface area contributed by atoms with Crippen LogP contribution in [0.15, 0.2) is 24.0 Å². The zero-order valence-corrected chi connectivity index (χ0v) is 9.99. The molecule has 0 aliphatic heterocycles. The summed E-state index contributed by atoms with van der Waals surface area (Å²) in [5.74, 6) is 0.656. The number of carbonyl (C=O) groups excluding carboxylic acids is 1. The van der Waals surface area contributed by atoms with Gasteiger partial charge < -0.3 is 9.84 Å². The molecule has 2 unspecified atom stereocenters. The van der Waals surface area contributed by atoms with Crippen molar-refractivity contribution in [1.29, 1.82) is 0 Å². The van der Waals surface area contributed by atoms with Crippen LogP contribution in [0.1, 0.15) is 12.0 Å². The van der Waals surface area contributed by atoms with E-state index in [2.05, 4.69) is 0 Å². The van der Waals surface area contributed by atoms with Crippen molar-refractivity contribution < 1.29 is 14.6 Å². The monoisotopic (exact) mass is 250 g/mol. The number of aliphatic hydroxyl groups is 1. The van der Waals surface area contributed by atoms with Crippen LogP contribution < -0.4 is 4.74 Å². The number of halogens is 1. The third-order valence-corrected chi connectivity index (χ3v) is 3.74. The zero-order chi connectivity index (χ0) is 12.2. The fraction of sp³-hybridized carbons (Fsp3) is 0.308. The Kier molecular flexibility index (Phi) is 2.20. The average Bonchev–Trinajstić information content (AvgIpc) is 3.06. The van der Waals surface area contributed by atoms with Crippen LogP contribution in [0.25, 0.3) is 5.57 Å². The summed E-state index contributed by atoms with van der Waals surface area (Å²) in [6, 6.07) is 5.18. The summed E-state index contributed by atoms with van der Waals surface area (Å²) in [5, 5.41) is 10.4. The van der Waals surface area contributed by atoms with E-state index in [1.165, 1.54) is 7.11 Å². The Morgan fingerprint density at radius 2 is 2.18 bits per heavy atom. The molecule has 0 heterocycles. The van der Waals surface area contributed by atoms with Gasteiger partial charge in [-0.3, -0.25) is 4.79 Å². The van der Waals surface area contributed by atoms with Crippen molar-refractivity contribution in [2.45, 2.75) is 6.42 Å². The maximum absolute atomic E-state index is 12.0. The number of ether oxygens (including phenoxy) is 1. The number of allylic oxidation sites excluding steroid dienone is 2. The van der Waals surface area contributed by atoms with Gasteiger partial charge in [0.15, 0.2) is 5.78 Å². The quantitative estimate of drug-likeness (QED) is 0.878. The van der Waals surface area contributed by atoms with Crippen molar-refractivity contribution in [2.75, 3.05) is 7.11 Å². The Balaban J connectivity index is 2.20. The molecule has 0 amide bonds. The van der Waals surface area contributed by atoms with E-state index < -0.39 is 0 Å². The third-order valence-electron chi connectivity index (χ3n) is 3.43. The zero-order valence-electron chi connectivity index (χ0n) is 9.24. The molecule has 2 aliphatic carbocycles. The van der Waals surface area contributed by atoms with E-state index in [4.69, 9.17) is 16.3 Å². The number of hydrogen-bond donors (Lipinski definition) is 1. The molecule has 3 rings (SSSR count). The van der Waals surface area contributed by atoms with Crippen molar-refractivity contribution in [3.63, 3.8) is 0 Å². The van der Waals surface area contributed by atoms with E-state index in [1.54, 1.807) is 18.2 Å². The Labute approximate surface area is 104 Å². The Morgan fingerprint density at radius 1 is 1.41 bits per heavy atom. The standard InChI is InChI=1S/C13H11ClO3/c1-17-9-4-2-3-8(14)10(9)11-12(15)6-5-7(6)13(11)16/h2-4,6-7,15H,5H2,1H3. The summed E-state index contributed by atoms with van der Waals surface area (Å²) in [7, 11) is 1.52. The number of aliphatic hydroxyl groups excluding tert-OH is 1. The number of fused-ring (bicyclic) bond motifs is 1. The summed E-state index contributed by atoms with van der Waals surface area (Å²) in [6.07, 6.45) is 0.765. The van der Waals surface area contributed by atoms with Crippen molar-refractivity contribution >= 4 is 23.0 Å². The smallest absolute Gasteiger partial charge is 0.170 e. The Bertz CT molecular complexity index is 548. The van der Waals surface area contributed by atoms with Gasteiger partial charge in [-0.15, -0.1) is 0 Å². The lowest BCUT2D eigenvalue weighted by Gasteiger charge is -2.12. The van der Waals surface area contributed by atoms with E-state index in [9.17, 15) is 9.90 Å². The summed E-state index contributed by atoms with van der Waals surface area (Å²) in [4.78, 5) is 12.0. The van der Waals surface area contributed by atoms with Crippen LogP contribution in [0.3, 0.4) is 0 Å². The van der Waals surface area contributed by atoms with Crippen LogP contribution in [0.2, 0.25) is 5.02 Å². The van der Waals surface area contributed by atoms with Crippen molar-refractivity contribution in [1.82, 2.24) is 0 Å². The second kappa shape index (κ2) is 3.50. The highest BCUT2D eigenvalue weighted by Crippen LogP contribution is 2.55. The van der Waals surface area contributed by atoms with Gasteiger partial charge in [0.2, 0.25) is 0 Å². The second-order valence-corrected chi connectivity index (χ2v) is 4.80. The highest BCUT2D eigenvalue weighted by atomic mass is 35.5. The fourth-order valence-electron chi connectivity index (χ4n) is 2.45. The lowest BCUT2D eigenvalue weighted by molar-refractivity contribution is -0.114. The highest BCUT2D eigenvalue weighted by molar-refractivity contribution is 6.37. The molecule has 1 aromatic carbocycles. The number of carbonyl (C=O) groups is 1. The van der Waals surface area contributed by atoms with Crippen LogP contribution in [0.5, 0.6) is 5.75 Å². The molecule has 0 bridgehead atoms. The molecule has 1 fully saturated rings. The van der Waals surface area contributed by atoms with Gasteiger partial charge in [0.05, 0.1) is 17.7 Å². The topological polar surface area (TPSA) is 46.5 Å². The summed E-state index contributed by atoms with van der Waals surface area (Å²) >= 11 is 6.10. The molecule has 4 heteroatoms. The second-order valence-electron chi connectivity index (χ2n) is 4.39. The van der Waals surface area contributed by atoms with E-state index in [1.807, 2.05) is 0 Å². The molecule has 1 aromatic rings. The third kappa shape index (κ3) is 1.39. The van der Waals surface area contributed by atoms with Crippen LogP contribution >= 0.6 is 11.6 Å². The minimum atomic E-state index is -0.0361. The SMILES string of the molecule is COc1cccc(Cl)c1C1=C(O)C2CC2C1=O. The maximum Gasteiger partial charge on any atom is 0.170 e. The number of methoxy groups -OCH3 is 1. The molecule has 0 aromatic heterocycles. The van der Waals surface area contributed by atoms with E-state index in [0.29, 0.717) is 21.9 Å². The molecule has 2 aliphatic rings. The lowest BCUT2D eigenvalue weighted by atomic mass is 10.00. The van der Waals surface area contributed by atoms with Crippen molar-refractivity contribution in [2.24, 2.45) is 11.8 Å². The first-order chi connectivity index (χ1) is 8.15. The number of ketones is 1. The predicted molar refractivity (Wildman–Crippen MR) is 64.2 cm³/mol. The molecule has 0 saturated heterocycles. The van der Waals surface area contributed by atoms with Gasteiger partial charge in [-0.1, -0.05) is 17.7 Å². The van der Waals surface area contributed by atoms with E-state index in [-0.39, 0.29) is 23.4 Å². The molecular formula is C13H11ClO3. The van der Waals surface area contributed by atoms with Gasteiger partial charge >= 0.3 is 0 Å². The minimum absolute atomic E-state index is 0.0125. The predicted octanol–water partition coefficient (Wildman–Crippen LogP) is 2.84. The summed E-state index contributed by atoms with van der Waals surface area (Å²) in [5.41, 5.74) is 0.861. The number of hydrogen-bond acceptors (Lipinski definition) is 3. The Hall–Kier alpha value is -1.48. The van der Waals surface area contributed by atoms with E-state index in [0.717, 1.165) is 6.42 Å². The number of benzene rings is 1. The van der Waals surface area contributed by atoms with E-state index >= 15 is 0 Å². The largest absolute Gasteiger partial charge is 0.511 e. The normalized spacial score (nSPS) is 26.1. The Morgan fingerprint density at radius 3 is 2.76 bits per heavy atom. The van der Waals surface area contributed by atoms with Crippen LogP contribution in [-0.2, 0) is 4.79 Å². The first kappa shape index (κ1) is 10.7. The van der Waals surface area contributed by atoms with Gasteiger partial charge in [0, 0.05) is 17.4 Å². The number of rotatable bonds is 2. The molecule has 88 valence electrons. The van der Waals surface area contributed by atoms with Gasteiger partial charge in [-0.25, -0.2) is 0 Å². The fourth-order valence-corrected chi connectivity index (χ4v) is 2.71. The van der Waals surface area contributed by atoms with Gasteiger partial charge in [-0.05, 0) is 18.6 Å². The molecule has 0 radical (unpaired) electrons. The molecular weight excluding hydrogens is 240 g/mol. The summed E-state index contributed by atoms with van der Waals surface area (Å²) in [6.45, 7) is 0. The minimum Gasteiger partial charge on any atom is -0.511 e. The van der Waals surface area contributed by atoms with Crippen LogP contribution in [0, 0.1) is 11.8 Å². The van der Waals surface area contributed by atoms with Gasteiger partial charge in [-0.2, -0.15) is 0 Å². The number of Topliss-reactive ketones (excluding diaryl/α,β-unsaturated/α-hetero) is 1. The van der Waals surface area contributed by atoms with Gasteiger partial charge in [0.1, 0.15) is 11.5 Å². The van der Waals surface area contributed by atoms with Crippen LogP contribution in [-0.4, -0.2) is 18.0 Å². The molecule has 3 nitrogen and oxygen atoms in total. The molecule has 17 heavy (non-hydrogen) atoms. The molecule has 0 spiro atoms. The lowest BCUT2D eigenvalue weighted by Crippen LogP contribution is -2.04. The summed E-state index contributed by atoms with van der Waals surface area (Å²) < 4.78 is 5.20. The van der Waals surface area contributed by atoms with Crippen molar-refractivity contribution in [3.8, 4) is 5.75 Å². The average molecular weight is 251 g/mol. The van der Waals surface area contributed by atoms with Crippen molar-refractivity contribution in [3.05, 3.63) is 34.5 Å². The first-order valence-corrected chi connectivity index (χ1v) is 5.83. The first-order valence-electron chi connectivity index (χ1n) is 5.45. The van der Waals surface area contributed by atoms with Gasteiger partial charge in [0.25, 0.3) is 0 Å². The molecule has 2 atom stereocenters. The van der Waals surface area contributed by atoms with Crippen LogP contribution in [0.4, 0.5) is 0 Å². The maximum atomic E-state index is 12.0. The molecule has 1 N–H and O–H groups in total. The highest BCUT2D eigenvalue weighted by Gasteiger charge is 2.54. The molecule has 1 saturated carbocycles.